The maximum atomic E-state index is 10.6. The lowest BCUT2D eigenvalue weighted by Gasteiger charge is -2.32. The van der Waals surface area contributed by atoms with E-state index in [1.165, 1.54) is 0 Å². The van der Waals surface area contributed by atoms with E-state index in [2.05, 4.69) is 4.90 Å². The molecule has 0 aromatic rings. The molecule has 0 aromatic carbocycles. The van der Waals surface area contributed by atoms with Gasteiger partial charge in [0.15, 0.2) is 0 Å². The van der Waals surface area contributed by atoms with Crippen LogP contribution in [0.2, 0.25) is 0 Å². The molecule has 2 heterocycles. The quantitative estimate of drug-likeness (QED) is 0.719. The smallest absolute Gasteiger partial charge is 0.304 e. The lowest BCUT2D eigenvalue weighted by Crippen LogP contribution is -2.42. The number of hydrogen-bond donors (Lipinski definition) is 1. The first-order valence-corrected chi connectivity index (χ1v) is 5.29. The van der Waals surface area contributed by atoms with E-state index >= 15 is 0 Å². The Bertz CT molecular complexity index is 215. The SMILES string of the molecule is O=C(O)CC1CCCN1CC1COC1. The number of hydrogen-bond acceptors (Lipinski definition) is 3. The molecule has 4 nitrogen and oxygen atoms in total. The zero-order valence-corrected chi connectivity index (χ0v) is 8.32. The first kappa shape index (κ1) is 9.93. The van der Waals surface area contributed by atoms with Crippen LogP contribution in [0.3, 0.4) is 0 Å². The van der Waals surface area contributed by atoms with E-state index in [1.807, 2.05) is 0 Å². The molecular weight excluding hydrogens is 182 g/mol. The summed E-state index contributed by atoms with van der Waals surface area (Å²) < 4.78 is 5.12. The van der Waals surface area contributed by atoms with Crippen LogP contribution >= 0.6 is 0 Å². The number of rotatable bonds is 4. The molecule has 0 radical (unpaired) electrons. The van der Waals surface area contributed by atoms with Gasteiger partial charge in [-0.1, -0.05) is 0 Å². The average molecular weight is 199 g/mol. The summed E-state index contributed by atoms with van der Waals surface area (Å²) in [5.41, 5.74) is 0. The zero-order chi connectivity index (χ0) is 9.97. The third-order valence-electron chi connectivity index (χ3n) is 3.11. The molecule has 0 aromatic heterocycles. The first-order chi connectivity index (χ1) is 6.75. The van der Waals surface area contributed by atoms with Crippen LogP contribution in [0.25, 0.3) is 0 Å². The summed E-state index contributed by atoms with van der Waals surface area (Å²) in [4.78, 5) is 12.9. The second kappa shape index (κ2) is 4.28. The minimum atomic E-state index is -0.674. The number of likely N-dealkylation sites (tertiary alicyclic amines) is 1. The van der Waals surface area contributed by atoms with E-state index in [0.29, 0.717) is 12.3 Å². The zero-order valence-electron chi connectivity index (χ0n) is 8.32. The van der Waals surface area contributed by atoms with Gasteiger partial charge in [-0.15, -0.1) is 0 Å². The summed E-state index contributed by atoms with van der Waals surface area (Å²) >= 11 is 0. The van der Waals surface area contributed by atoms with Crippen LogP contribution in [-0.4, -0.2) is 48.3 Å². The third-order valence-corrected chi connectivity index (χ3v) is 3.11. The fourth-order valence-corrected chi connectivity index (χ4v) is 2.29. The molecule has 1 atom stereocenters. The predicted molar refractivity (Wildman–Crippen MR) is 51.2 cm³/mol. The van der Waals surface area contributed by atoms with Gasteiger partial charge >= 0.3 is 5.97 Å². The molecule has 80 valence electrons. The predicted octanol–water partition coefficient (Wildman–Crippen LogP) is 0.572. The van der Waals surface area contributed by atoms with Gasteiger partial charge < -0.3 is 9.84 Å². The Morgan fingerprint density at radius 3 is 2.86 bits per heavy atom. The van der Waals surface area contributed by atoms with Crippen molar-refractivity contribution in [3.05, 3.63) is 0 Å². The molecule has 2 rings (SSSR count). The molecule has 2 aliphatic rings. The van der Waals surface area contributed by atoms with Crippen LogP contribution in [0.4, 0.5) is 0 Å². The van der Waals surface area contributed by atoms with Gasteiger partial charge in [-0.05, 0) is 19.4 Å². The molecule has 1 unspecified atom stereocenters. The number of carboxylic acid groups (broad SMARTS) is 1. The van der Waals surface area contributed by atoms with Crippen LogP contribution in [0, 0.1) is 5.92 Å². The number of ether oxygens (including phenoxy) is 1. The maximum Gasteiger partial charge on any atom is 0.304 e. The molecular formula is C10H17NO3. The number of carboxylic acids is 1. The third kappa shape index (κ3) is 2.25. The van der Waals surface area contributed by atoms with Gasteiger partial charge in [0, 0.05) is 18.5 Å². The van der Waals surface area contributed by atoms with Gasteiger partial charge in [0.05, 0.1) is 19.6 Å². The van der Waals surface area contributed by atoms with Crippen molar-refractivity contribution < 1.29 is 14.6 Å². The summed E-state index contributed by atoms with van der Waals surface area (Å²) in [5.74, 6) is -0.0313. The molecule has 2 saturated heterocycles. The van der Waals surface area contributed by atoms with E-state index in [0.717, 1.165) is 39.1 Å². The monoisotopic (exact) mass is 199 g/mol. The Kier molecular flexibility index (Phi) is 3.03. The van der Waals surface area contributed by atoms with Crippen LogP contribution in [0.15, 0.2) is 0 Å². The van der Waals surface area contributed by atoms with Gasteiger partial charge in [0.25, 0.3) is 0 Å². The molecule has 0 saturated carbocycles. The fourth-order valence-electron chi connectivity index (χ4n) is 2.29. The molecule has 4 heteroatoms. The van der Waals surface area contributed by atoms with E-state index in [4.69, 9.17) is 9.84 Å². The Hall–Kier alpha value is -0.610. The summed E-state index contributed by atoms with van der Waals surface area (Å²) in [6.45, 7) is 3.80. The normalized spacial score (nSPS) is 29.0. The Morgan fingerprint density at radius 2 is 2.29 bits per heavy atom. The number of carbonyl (C=O) groups is 1. The highest BCUT2D eigenvalue weighted by atomic mass is 16.5. The lowest BCUT2D eigenvalue weighted by atomic mass is 10.1. The Morgan fingerprint density at radius 1 is 1.50 bits per heavy atom. The molecule has 14 heavy (non-hydrogen) atoms. The Labute approximate surface area is 83.8 Å². The highest BCUT2D eigenvalue weighted by Gasteiger charge is 2.30. The van der Waals surface area contributed by atoms with Gasteiger partial charge in [0.1, 0.15) is 0 Å². The summed E-state index contributed by atoms with van der Waals surface area (Å²) in [5, 5.41) is 8.75. The molecule has 2 fully saturated rings. The topological polar surface area (TPSA) is 49.8 Å². The number of nitrogens with zero attached hydrogens (tertiary/aromatic N) is 1. The summed E-state index contributed by atoms with van der Waals surface area (Å²) in [6, 6.07) is 0.271. The van der Waals surface area contributed by atoms with Crippen LogP contribution in [0.1, 0.15) is 19.3 Å². The minimum Gasteiger partial charge on any atom is -0.481 e. The summed E-state index contributed by atoms with van der Waals surface area (Å²) in [7, 11) is 0. The van der Waals surface area contributed by atoms with Crippen LogP contribution in [-0.2, 0) is 9.53 Å². The molecule has 0 spiro atoms. The van der Waals surface area contributed by atoms with E-state index < -0.39 is 5.97 Å². The summed E-state index contributed by atoms with van der Waals surface area (Å²) in [6.07, 6.45) is 2.49. The van der Waals surface area contributed by atoms with Crippen molar-refractivity contribution >= 4 is 5.97 Å². The molecule has 0 aliphatic carbocycles. The maximum absolute atomic E-state index is 10.6. The van der Waals surface area contributed by atoms with Crippen molar-refractivity contribution in [2.24, 2.45) is 5.92 Å². The van der Waals surface area contributed by atoms with Crippen molar-refractivity contribution in [3.63, 3.8) is 0 Å². The molecule has 0 amide bonds. The molecule has 2 aliphatic heterocycles. The van der Waals surface area contributed by atoms with Gasteiger partial charge in [-0.3, -0.25) is 9.69 Å². The lowest BCUT2D eigenvalue weighted by molar-refractivity contribution is -0.138. The Balaban J connectivity index is 1.79. The van der Waals surface area contributed by atoms with Crippen molar-refractivity contribution in [2.45, 2.75) is 25.3 Å². The second-order valence-electron chi connectivity index (χ2n) is 4.29. The number of aliphatic carboxylic acids is 1. The van der Waals surface area contributed by atoms with Crippen molar-refractivity contribution in [1.29, 1.82) is 0 Å². The van der Waals surface area contributed by atoms with E-state index in [-0.39, 0.29) is 6.04 Å². The van der Waals surface area contributed by atoms with Gasteiger partial charge in [-0.25, -0.2) is 0 Å². The highest BCUT2D eigenvalue weighted by Crippen LogP contribution is 2.23. The van der Waals surface area contributed by atoms with Crippen LogP contribution < -0.4 is 0 Å². The van der Waals surface area contributed by atoms with Crippen molar-refractivity contribution in [3.8, 4) is 0 Å². The van der Waals surface area contributed by atoms with Crippen LogP contribution in [0.5, 0.6) is 0 Å². The molecule has 1 N–H and O–H groups in total. The largest absolute Gasteiger partial charge is 0.481 e. The van der Waals surface area contributed by atoms with E-state index in [1.54, 1.807) is 0 Å². The second-order valence-corrected chi connectivity index (χ2v) is 4.29. The first-order valence-electron chi connectivity index (χ1n) is 5.29. The van der Waals surface area contributed by atoms with Gasteiger partial charge in [0.2, 0.25) is 0 Å². The highest BCUT2D eigenvalue weighted by molar-refractivity contribution is 5.67. The standard InChI is InChI=1S/C10H17NO3/c12-10(13)4-9-2-1-3-11(9)5-8-6-14-7-8/h8-9H,1-7H2,(H,12,13). The van der Waals surface area contributed by atoms with Crippen molar-refractivity contribution in [2.75, 3.05) is 26.3 Å². The average Bonchev–Trinajstić information content (AvgIpc) is 2.44. The minimum absolute atomic E-state index is 0.271. The van der Waals surface area contributed by atoms with Gasteiger partial charge in [-0.2, -0.15) is 0 Å². The van der Waals surface area contributed by atoms with Crippen molar-refractivity contribution in [1.82, 2.24) is 4.90 Å². The van der Waals surface area contributed by atoms with E-state index in [9.17, 15) is 4.79 Å². The molecule has 0 bridgehead atoms. The fraction of sp³-hybridized carbons (Fsp3) is 0.900.